The normalized spacial score (nSPS) is 17.8. The molecule has 1 amide bonds. The number of fused-ring (bicyclic) bond motifs is 1. The SMILES string of the molecule is O=C(c1cc2cccc(Br)c2o1)N1CCOC(c2ccc(Br)cc2)C1. The summed E-state index contributed by atoms with van der Waals surface area (Å²) in [7, 11) is 0. The molecular formula is C19H15Br2NO3. The summed E-state index contributed by atoms with van der Waals surface area (Å²) in [6.45, 7) is 1.58. The van der Waals surface area contributed by atoms with Gasteiger partial charge >= 0.3 is 0 Å². The van der Waals surface area contributed by atoms with E-state index in [1.807, 2.05) is 42.5 Å². The summed E-state index contributed by atoms with van der Waals surface area (Å²) in [5, 5.41) is 0.912. The van der Waals surface area contributed by atoms with E-state index in [9.17, 15) is 4.79 Å². The molecule has 25 heavy (non-hydrogen) atoms. The second-order valence-corrected chi connectivity index (χ2v) is 7.70. The maximum Gasteiger partial charge on any atom is 0.289 e. The average Bonchev–Trinajstić information content (AvgIpc) is 3.07. The number of rotatable bonds is 2. The van der Waals surface area contributed by atoms with Gasteiger partial charge in [-0.3, -0.25) is 4.79 Å². The largest absolute Gasteiger partial charge is 0.450 e. The van der Waals surface area contributed by atoms with Gasteiger partial charge in [-0.2, -0.15) is 0 Å². The lowest BCUT2D eigenvalue weighted by Crippen LogP contribution is -2.42. The van der Waals surface area contributed by atoms with Crippen molar-refractivity contribution in [3.63, 3.8) is 0 Å². The van der Waals surface area contributed by atoms with Crippen LogP contribution in [-0.2, 0) is 4.74 Å². The summed E-state index contributed by atoms with van der Waals surface area (Å²) in [4.78, 5) is 14.7. The maximum atomic E-state index is 12.9. The van der Waals surface area contributed by atoms with Gasteiger partial charge in [-0.25, -0.2) is 0 Å². The molecule has 1 atom stereocenters. The van der Waals surface area contributed by atoms with Gasteiger partial charge in [0.2, 0.25) is 0 Å². The van der Waals surface area contributed by atoms with E-state index in [1.165, 1.54) is 0 Å². The Hall–Kier alpha value is -1.63. The monoisotopic (exact) mass is 463 g/mol. The first kappa shape index (κ1) is 16.8. The van der Waals surface area contributed by atoms with Crippen molar-refractivity contribution in [1.29, 1.82) is 0 Å². The molecule has 1 aliphatic heterocycles. The van der Waals surface area contributed by atoms with Crippen molar-refractivity contribution < 1.29 is 13.9 Å². The van der Waals surface area contributed by atoms with Crippen LogP contribution in [0.2, 0.25) is 0 Å². The first-order valence-electron chi connectivity index (χ1n) is 7.96. The minimum Gasteiger partial charge on any atom is -0.450 e. The molecule has 128 valence electrons. The number of hydrogen-bond donors (Lipinski definition) is 0. The third kappa shape index (κ3) is 3.38. The smallest absolute Gasteiger partial charge is 0.289 e. The summed E-state index contributed by atoms with van der Waals surface area (Å²) in [5.74, 6) is 0.256. The van der Waals surface area contributed by atoms with Gasteiger partial charge in [-0.05, 0) is 45.8 Å². The molecule has 1 aromatic heterocycles. The van der Waals surface area contributed by atoms with Crippen LogP contribution in [0.3, 0.4) is 0 Å². The second kappa shape index (κ2) is 6.94. The Morgan fingerprint density at radius 1 is 1.12 bits per heavy atom. The van der Waals surface area contributed by atoms with Gasteiger partial charge in [-0.15, -0.1) is 0 Å². The van der Waals surface area contributed by atoms with Crippen LogP contribution in [0.4, 0.5) is 0 Å². The van der Waals surface area contributed by atoms with Crippen LogP contribution in [0.1, 0.15) is 22.2 Å². The van der Waals surface area contributed by atoms with Crippen LogP contribution in [0, 0.1) is 0 Å². The van der Waals surface area contributed by atoms with Gasteiger partial charge in [0.1, 0.15) is 11.7 Å². The van der Waals surface area contributed by atoms with Crippen molar-refractivity contribution in [3.8, 4) is 0 Å². The number of carbonyl (C=O) groups excluding carboxylic acids is 1. The Morgan fingerprint density at radius 2 is 1.92 bits per heavy atom. The van der Waals surface area contributed by atoms with Crippen LogP contribution >= 0.6 is 31.9 Å². The Morgan fingerprint density at radius 3 is 2.68 bits per heavy atom. The number of benzene rings is 2. The first-order valence-corrected chi connectivity index (χ1v) is 9.55. The molecule has 1 unspecified atom stereocenters. The molecule has 6 heteroatoms. The number of halogens is 2. The molecule has 4 rings (SSSR count). The van der Waals surface area contributed by atoms with Gasteiger partial charge in [0.15, 0.2) is 5.76 Å². The summed E-state index contributed by atoms with van der Waals surface area (Å²) in [6, 6.07) is 15.6. The Labute approximate surface area is 162 Å². The third-order valence-corrected chi connectivity index (χ3v) is 5.46. The van der Waals surface area contributed by atoms with E-state index in [-0.39, 0.29) is 12.0 Å². The Kier molecular flexibility index (Phi) is 4.67. The number of hydrogen-bond acceptors (Lipinski definition) is 3. The van der Waals surface area contributed by atoms with E-state index < -0.39 is 0 Å². The van der Waals surface area contributed by atoms with Gasteiger partial charge in [0.25, 0.3) is 5.91 Å². The molecule has 0 bridgehead atoms. The van der Waals surface area contributed by atoms with Crippen LogP contribution in [0.15, 0.2) is 61.9 Å². The molecule has 2 heterocycles. The number of para-hydroxylation sites is 1. The molecule has 1 aliphatic rings. The van der Waals surface area contributed by atoms with Crippen LogP contribution < -0.4 is 0 Å². The summed E-state index contributed by atoms with van der Waals surface area (Å²) >= 11 is 6.89. The highest BCUT2D eigenvalue weighted by Crippen LogP contribution is 2.29. The van der Waals surface area contributed by atoms with Crippen LogP contribution in [-0.4, -0.2) is 30.5 Å². The molecular weight excluding hydrogens is 450 g/mol. The number of ether oxygens (including phenoxy) is 1. The Bertz CT molecular complexity index is 920. The van der Waals surface area contributed by atoms with E-state index in [2.05, 4.69) is 31.9 Å². The third-order valence-electron chi connectivity index (χ3n) is 4.30. The zero-order valence-corrected chi connectivity index (χ0v) is 16.4. The second-order valence-electron chi connectivity index (χ2n) is 5.93. The zero-order valence-electron chi connectivity index (χ0n) is 13.2. The molecule has 3 aromatic rings. The molecule has 0 saturated carbocycles. The topological polar surface area (TPSA) is 42.7 Å². The fourth-order valence-electron chi connectivity index (χ4n) is 3.00. The fourth-order valence-corrected chi connectivity index (χ4v) is 3.73. The molecule has 1 fully saturated rings. The molecule has 0 N–H and O–H groups in total. The maximum absolute atomic E-state index is 12.9. The summed E-state index contributed by atoms with van der Waals surface area (Å²) in [5.41, 5.74) is 1.76. The minimum atomic E-state index is -0.123. The van der Waals surface area contributed by atoms with E-state index in [1.54, 1.807) is 11.0 Å². The number of furan rings is 1. The lowest BCUT2D eigenvalue weighted by molar-refractivity contribution is -0.0237. The van der Waals surface area contributed by atoms with Crippen molar-refractivity contribution in [2.75, 3.05) is 19.7 Å². The highest BCUT2D eigenvalue weighted by atomic mass is 79.9. The standard InChI is InChI=1S/C19H15Br2NO3/c20-14-6-4-12(5-7-14)17-11-22(8-9-24-17)19(23)16-10-13-2-1-3-15(21)18(13)25-16/h1-7,10,17H,8-9,11H2. The van der Waals surface area contributed by atoms with Crippen molar-refractivity contribution >= 4 is 48.7 Å². The molecule has 4 nitrogen and oxygen atoms in total. The number of morpholine rings is 1. The number of carbonyl (C=O) groups is 1. The van der Waals surface area contributed by atoms with Crippen molar-refractivity contribution in [2.24, 2.45) is 0 Å². The van der Waals surface area contributed by atoms with Gasteiger partial charge < -0.3 is 14.1 Å². The molecule has 0 spiro atoms. The van der Waals surface area contributed by atoms with Gasteiger partial charge in [-0.1, -0.05) is 40.2 Å². The van der Waals surface area contributed by atoms with Crippen LogP contribution in [0.25, 0.3) is 11.0 Å². The lowest BCUT2D eigenvalue weighted by atomic mass is 10.1. The highest BCUT2D eigenvalue weighted by Gasteiger charge is 2.28. The average molecular weight is 465 g/mol. The molecule has 0 aliphatic carbocycles. The predicted molar refractivity (Wildman–Crippen MR) is 103 cm³/mol. The van der Waals surface area contributed by atoms with Crippen molar-refractivity contribution in [1.82, 2.24) is 4.90 Å². The van der Waals surface area contributed by atoms with Gasteiger partial charge in [0, 0.05) is 16.4 Å². The summed E-state index contributed by atoms with van der Waals surface area (Å²) < 4.78 is 13.5. The van der Waals surface area contributed by atoms with E-state index in [4.69, 9.17) is 9.15 Å². The van der Waals surface area contributed by atoms with Crippen molar-refractivity contribution in [3.05, 3.63) is 68.8 Å². The minimum absolute atomic E-state index is 0.103. The van der Waals surface area contributed by atoms with E-state index >= 15 is 0 Å². The highest BCUT2D eigenvalue weighted by molar-refractivity contribution is 9.11. The quantitative estimate of drug-likeness (QED) is 0.525. The van der Waals surface area contributed by atoms with E-state index in [0.717, 1.165) is 19.9 Å². The van der Waals surface area contributed by atoms with Gasteiger partial charge in [0.05, 0.1) is 17.6 Å². The Balaban J connectivity index is 1.56. The molecule has 1 saturated heterocycles. The van der Waals surface area contributed by atoms with Crippen LogP contribution in [0.5, 0.6) is 0 Å². The van der Waals surface area contributed by atoms with E-state index in [0.29, 0.717) is 31.0 Å². The molecule has 0 radical (unpaired) electrons. The lowest BCUT2D eigenvalue weighted by Gasteiger charge is -2.32. The summed E-state index contributed by atoms with van der Waals surface area (Å²) in [6.07, 6.45) is -0.123. The molecule has 2 aromatic carbocycles. The predicted octanol–water partition coefficient (Wildman–Crippen LogP) is 5.17. The van der Waals surface area contributed by atoms with Crippen molar-refractivity contribution in [2.45, 2.75) is 6.10 Å². The number of amides is 1. The fraction of sp³-hybridized carbons (Fsp3) is 0.211. The number of nitrogens with zero attached hydrogens (tertiary/aromatic N) is 1. The zero-order chi connectivity index (χ0) is 17.4. The first-order chi connectivity index (χ1) is 12.1.